The maximum atomic E-state index is 11.6. The summed E-state index contributed by atoms with van der Waals surface area (Å²) >= 11 is 0. The first kappa shape index (κ1) is 10.9. The highest BCUT2D eigenvalue weighted by Crippen LogP contribution is 2.29. The van der Waals surface area contributed by atoms with Crippen molar-refractivity contribution < 1.29 is 14.3 Å². The second kappa shape index (κ2) is 4.08. The molecule has 0 amide bonds. The number of esters is 2. The molecule has 1 aromatic rings. The second-order valence-corrected chi connectivity index (χ2v) is 4.24. The SMILES string of the molecule is Cc1ccc(C)c(C2CCC(=O)OC2=O)c1. The second-order valence-electron chi connectivity index (χ2n) is 4.24. The zero-order chi connectivity index (χ0) is 11.7. The molecule has 1 heterocycles. The van der Waals surface area contributed by atoms with Crippen molar-refractivity contribution in [1.29, 1.82) is 0 Å². The average Bonchev–Trinajstić information content (AvgIpc) is 2.22. The quantitative estimate of drug-likeness (QED) is 0.536. The van der Waals surface area contributed by atoms with Crippen molar-refractivity contribution in [3.63, 3.8) is 0 Å². The number of aryl methyl sites for hydroxylation is 2. The van der Waals surface area contributed by atoms with Crippen molar-refractivity contribution >= 4 is 11.9 Å². The standard InChI is InChI=1S/C13H14O3/c1-8-3-4-9(2)11(7-8)10-5-6-12(14)16-13(10)15/h3-4,7,10H,5-6H2,1-2H3. The van der Waals surface area contributed by atoms with E-state index in [9.17, 15) is 9.59 Å². The number of carbonyl (C=O) groups excluding carboxylic acids is 2. The summed E-state index contributed by atoms with van der Waals surface area (Å²) in [6.07, 6.45) is 0.881. The van der Waals surface area contributed by atoms with Crippen LogP contribution in [0.2, 0.25) is 0 Å². The van der Waals surface area contributed by atoms with Crippen LogP contribution in [0.3, 0.4) is 0 Å². The molecule has 1 fully saturated rings. The molecule has 0 N–H and O–H groups in total. The Labute approximate surface area is 94.4 Å². The summed E-state index contributed by atoms with van der Waals surface area (Å²) in [6.45, 7) is 3.96. The minimum absolute atomic E-state index is 0.280. The normalized spacial score (nSPS) is 20.8. The van der Waals surface area contributed by atoms with E-state index in [4.69, 9.17) is 0 Å². The van der Waals surface area contributed by atoms with Crippen molar-refractivity contribution in [3.05, 3.63) is 34.9 Å². The zero-order valence-corrected chi connectivity index (χ0v) is 9.45. The van der Waals surface area contributed by atoms with Gasteiger partial charge in [-0.15, -0.1) is 0 Å². The fourth-order valence-electron chi connectivity index (χ4n) is 2.03. The van der Waals surface area contributed by atoms with Gasteiger partial charge in [-0.2, -0.15) is 0 Å². The monoisotopic (exact) mass is 218 g/mol. The van der Waals surface area contributed by atoms with Gasteiger partial charge in [0.15, 0.2) is 0 Å². The van der Waals surface area contributed by atoms with E-state index in [1.54, 1.807) is 0 Å². The van der Waals surface area contributed by atoms with Crippen molar-refractivity contribution in [1.82, 2.24) is 0 Å². The number of hydrogen-bond donors (Lipinski definition) is 0. The zero-order valence-electron chi connectivity index (χ0n) is 9.45. The van der Waals surface area contributed by atoms with Gasteiger partial charge >= 0.3 is 11.9 Å². The number of cyclic esters (lactones) is 2. The molecule has 3 heteroatoms. The highest BCUT2D eigenvalue weighted by atomic mass is 16.6. The van der Waals surface area contributed by atoms with Crippen LogP contribution in [0.25, 0.3) is 0 Å². The number of carbonyl (C=O) groups is 2. The average molecular weight is 218 g/mol. The van der Waals surface area contributed by atoms with Crippen LogP contribution in [0.4, 0.5) is 0 Å². The molecule has 1 atom stereocenters. The topological polar surface area (TPSA) is 43.4 Å². The predicted molar refractivity (Wildman–Crippen MR) is 59.0 cm³/mol. The minimum Gasteiger partial charge on any atom is -0.393 e. The lowest BCUT2D eigenvalue weighted by molar-refractivity contribution is -0.164. The number of ether oxygens (including phenoxy) is 1. The molecule has 1 aromatic carbocycles. The summed E-state index contributed by atoms with van der Waals surface area (Å²) < 4.78 is 4.67. The molecule has 3 nitrogen and oxygen atoms in total. The molecule has 0 bridgehead atoms. The van der Waals surface area contributed by atoms with Crippen molar-refractivity contribution in [3.8, 4) is 0 Å². The lowest BCUT2D eigenvalue weighted by Crippen LogP contribution is -2.26. The third-order valence-corrected chi connectivity index (χ3v) is 2.95. The van der Waals surface area contributed by atoms with E-state index < -0.39 is 11.9 Å². The third kappa shape index (κ3) is 1.98. The van der Waals surface area contributed by atoms with Crippen LogP contribution in [0.5, 0.6) is 0 Å². The van der Waals surface area contributed by atoms with Crippen LogP contribution in [0.15, 0.2) is 18.2 Å². The smallest absolute Gasteiger partial charge is 0.321 e. The molecular formula is C13H14O3. The highest BCUT2D eigenvalue weighted by molar-refractivity contribution is 5.92. The Morgan fingerprint density at radius 1 is 1.25 bits per heavy atom. The summed E-state index contributed by atoms with van der Waals surface area (Å²) in [5, 5.41) is 0. The Kier molecular flexibility index (Phi) is 2.77. The van der Waals surface area contributed by atoms with Crippen LogP contribution >= 0.6 is 0 Å². The molecule has 0 spiro atoms. The number of benzene rings is 1. The molecule has 1 aliphatic heterocycles. The van der Waals surface area contributed by atoms with Crippen LogP contribution < -0.4 is 0 Å². The van der Waals surface area contributed by atoms with E-state index in [2.05, 4.69) is 4.74 Å². The molecule has 1 saturated heterocycles. The lowest BCUT2D eigenvalue weighted by atomic mass is 9.88. The maximum Gasteiger partial charge on any atom is 0.321 e. The summed E-state index contributed by atoms with van der Waals surface area (Å²) in [7, 11) is 0. The van der Waals surface area contributed by atoms with Crippen LogP contribution in [0.1, 0.15) is 35.4 Å². The lowest BCUT2D eigenvalue weighted by Gasteiger charge is -2.21. The fraction of sp³-hybridized carbons (Fsp3) is 0.385. The molecular weight excluding hydrogens is 204 g/mol. The summed E-state index contributed by atoms with van der Waals surface area (Å²) in [6, 6.07) is 6.00. The van der Waals surface area contributed by atoms with Crippen molar-refractivity contribution in [2.45, 2.75) is 32.6 Å². The summed E-state index contributed by atoms with van der Waals surface area (Å²) in [5.74, 6) is -1.10. The molecule has 0 aromatic heterocycles. The Hall–Kier alpha value is -1.64. The number of rotatable bonds is 1. The molecule has 1 unspecified atom stereocenters. The van der Waals surface area contributed by atoms with Gasteiger partial charge < -0.3 is 4.74 Å². The largest absolute Gasteiger partial charge is 0.393 e. The summed E-state index contributed by atoms with van der Waals surface area (Å²) in [5.41, 5.74) is 3.17. The Balaban J connectivity index is 2.33. The predicted octanol–water partition coefficient (Wildman–Crippen LogP) is 2.25. The molecule has 0 radical (unpaired) electrons. The van der Waals surface area contributed by atoms with E-state index in [-0.39, 0.29) is 5.92 Å². The van der Waals surface area contributed by atoms with E-state index in [1.165, 1.54) is 0 Å². The Morgan fingerprint density at radius 2 is 2.00 bits per heavy atom. The highest BCUT2D eigenvalue weighted by Gasteiger charge is 2.31. The van der Waals surface area contributed by atoms with Gasteiger partial charge in [-0.3, -0.25) is 9.59 Å². The van der Waals surface area contributed by atoms with Gasteiger partial charge in [0.2, 0.25) is 0 Å². The molecule has 2 rings (SSSR count). The van der Waals surface area contributed by atoms with Gasteiger partial charge in [0.25, 0.3) is 0 Å². The first-order valence-corrected chi connectivity index (χ1v) is 5.39. The molecule has 0 aliphatic carbocycles. The van der Waals surface area contributed by atoms with E-state index in [1.807, 2.05) is 32.0 Å². The van der Waals surface area contributed by atoms with Crippen molar-refractivity contribution in [2.75, 3.05) is 0 Å². The first-order valence-electron chi connectivity index (χ1n) is 5.39. The van der Waals surface area contributed by atoms with Crippen LogP contribution in [0, 0.1) is 13.8 Å². The van der Waals surface area contributed by atoms with E-state index >= 15 is 0 Å². The van der Waals surface area contributed by atoms with Gasteiger partial charge in [-0.05, 0) is 31.4 Å². The third-order valence-electron chi connectivity index (χ3n) is 2.95. The molecule has 1 aliphatic rings. The van der Waals surface area contributed by atoms with Gasteiger partial charge in [-0.25, -0.2) is 0 Å². The van der Waals surface area contributed by atoms with Gasteiger partial charge in [0, 0.05) is 6.42 Å². The van der Waals surface area contributed by atoms with Gasteiger partial charge in [0.1, 0.15) is 0 Å². The van der Waals surface area contributed by atoms with E-state index in [0.29, 0.717) is 12.8 Å². The Bertz CT molecular complexity index is 448. The Morgan fingerprint density at radius 3 is 2.69 bits per heavy atom. The fourth-order valence-corrected chi connectivity index (χ4v) is 2.03. The van der Waals surface area contributed by atoms with Crippen LogP contribution in [-0.4, -0.2) is 11.9 Å². The molecule has 0 saturated carbocycles. The van der Waals surface area contributed by atoms with Crippen molar-refractivity contribution in [2.24, 2.45) is 0 Å². The molecule has 16 heavy (non-hydrogen) atoms. The minimum atomic E-state index is -0.412. The first-order chi connectivity index (χ1) is 7.58. The van der Waals surface area contributed by atoms with Gasteiger partial charge in [-0.1, -0.05) is 23.8 Å². The molecule has 84 valence electrons. The van der Waals surface area contributed by atoms with Gasteiger partial charge in [0.05, 0.1) is 5.92 Å². The van der Waals surface area contributed by atoms with Crippen LogP contribution in [-0.2, 0) is 14.3 Å². The summed E-state index contributed by atoms with van der Waals surface area (Å²) in [4.78, 5) is 22.6. The maximum absolute atomic E-state index is 11.6. The van der Waals surface area contributed by atoms with E-state index in [0.717, 1.165) is 16.7 Å². The number of hydrogen-bond acceptors (Lipinski definition) is 3.